The van der Waals surface area contributed by atoms with Crippen molar-refractivity contribution in [3.63, 3.8) is 0 Å². The van der Waals surface area contributed by atoms with Gasteiger partial charge in [0.25, 0.3) is 0 Å². The van der Waals surface area contributed by atoms with Gasteiger partial charge in [-0.25, -0.2) is 0 Å². The van der Waals surface area contributed by atoms with Crippen molar-refractivity contribution in [2.24, 2.45) is 0 Å². The van der Waals surface area contributed by atoms with Crippen LogP contribution in [0.4, 0.5) is 0 Å². The molecule has 2 nitrogen and oxygen atoms in total. The largest absolute Gasteiger partial charge is 0.507 e. The fourth-order valence-corrected chi connectivity index (χ4v) is 4.65. The summed E-state index contributed by atoms with van der Waals surface area (Å²) in [6.07, 6.45) is 1.00. The Morgan fingerprint density at radius 3 is 1.25 bits per heavy atom. The first kappa shape index (κ1) is 45.4. The van der Waals surface area contributed by atoms with E-state index in [1.807, 2.05) is 58.9 Å². The summed E-state index contributed by atoms with van der Waals surface area (Å²) in [6.45, 7) is 37.4. The number of aromatic hydroxyl groups is 1. The molecule has 0 saturated carbocycles. The first-order valence-corrected chi connectivity index (χ1v) is 17.8. The van der Waals surface area contributed by atoms with Gasteiger partial charge in [0, 0.05) is 5.56 Å². The Kier molecular flexibility index (Phi) is 20.4. The second-order valence-corrected chi connectivity index (χ2v) is 13.7. The first-order chi connectivity index (χ1) is 24.9. The summed E-state index contributed by atoms with van der Waals surface area (Å²) in [5.41, 5.74) is 16.2. The van der Waals surface area contributed by atoms with Crippen molar-refractivity contribution in [2.75, 3.05) is 7.11 Å². The lowest BCUT2D eigenvalue weighted by molar-refractivity contribution is 0.411. The Bertz CT molecular complexity index is 1860. The molecular formula is C51H62O2. The van der Waals surface area contributed by atoms with Crippen LogP contribution in [0.1, 0.15) is 84.7 Å². The molecule has 278 valence electrons. The van der Waals surface area contributed by atoms with Crippen LogP contribution in [-0.2, 0) is 6.42 Å². The number of hydrogen-bond donors (Lipinski definition) is 1. The fourth-order valence-electron chi connectivity index (χ4n) is 4.65. The smallest absolute Gasteiger partial charge is 0.123 e. The van der Waals surface area contributed by atoms with E-state index in [1.54, 1.807) is 19.2 Å². The van der Waals surface area contributed by atoms with Gasteiger partial charge in [-0.1, -0.05) is 175 Å². The summed E-state index contributed by atoms with van der Waals surface area (Å²) in [4.78, 5) is 0. The van der Waals surface area contributed by atoms with Crippen LogP contribution < -0.4 is 4.74 Å². The molecule has 0 amide bonds. The molecule has 0 aromatic heterocycles. The van der Waals surface area contributed by atoms with Crippen molar-refractivity contribution in [1.29, 1.82) is 0 Å². The van der Waals surface area contributed by atoms with Gasteiger partial charge < -0.3 is 9.84 Å². The number of aryl methyl sites for hydroxylation is 4. The van der Waals surface area contributed by atoms with Crippen LogP contribution in [0.15, 0.2) is 154 Å². The van der Waals surface area contributed by atoms with Crippen LogP contribution in [0.25, 0.3) is 22.3 Å². The van der Waals surface area contributed by atoms with E-state index in [0.717, 1.165) is 51.2 Å². The molecule has 0 bridgehead atoms. The Morgan fingerprint density at radius 1 is 0.509 bits per heavy atom. The third kappa shape index (κ3) is 18.5. The molecule has 0 atom stereocenters. The molecule has 2 heteroatoms. The van der Waals surface area contributed by atoms with Crippen LogP contribution in [0, 0.1) is 27.7 Å². The predicted octanol–water partition coefficient (Wildman–Crippen LogP) is 14.6. The maximum atomic E-state index is 9.22. The normalized spacial score (nSPS) is 9.47. The van der Waals surface area contributed by atoms with E-state index >= 15 is 0 Å². The zero-order valence-electron chi connectivity index (χ0n) is 34.1. The molecule has 0 unspecified atom stereocenters. The molecule has 0 spiro atoms. The summed E-state index contributed by atoms with van der Waals surface area (Å²) in [7, 11) is 1.69. The van der Waals surface area contributed by atoms with Gasteiger partial charge in [-0.2, -0.15) is 0 Å². The van der Waals surface area contributed by atoms with Crippen molar-refractivity contribution in [1.82, 2.24) is 0 Å². The molecule has 0 aliphatic rings. The van der Waals surface area contributed by atoms with Crippen LogP contribution in [0.2, 0.25) is 0 Å². The van der Waals surface area contributed by atoms with E-state index in [4.69, 9.17) is 4.74 Å². The van der Waals surface area contributed by atoms with Gasteiger partial charge in [-0.15, -0.1) is 0 Å². The third-order valence-electron chi connectivity index (χ3n) is 7.98. The SMILES string of the molecule is C=C(C)Cc1ccc(C)cc1.C=C(C)c1ccc(C)c(OC)c1.C=C(C)c1ccc(C)cc1.C=C(C)c1ccc(C)cc1.C=C(C)c1ccccc1O. The molecule has 5 aromatic rings. The minimum absolute atomic E-state index is 0.301. The van der Waals surface area contributed by atoms with Gasteiger partial charge in [0.2, 0.25) is 0 Å². The highest BCUT2D eigenvalue weighted by Gasteiger charge is 2.00. The van der Waals surface area contributed by atoms with Gasteiger partial charge in [0.1, 0.15) is 11.5 Å². The number of phenolic OH excluding ortho intramolecular Hbond substituents is 1. The minimum atomic E-state index is 0.301. The van der Waals surface area contributed by atoms with Crippen molar-refractivity contribution < 1.29 is 9.84 Å². The molecule has 0 saturated heterocycles. The maximum absolute atomic E-state index is 9.22. The van der Waals surface area contributed by atoms with Crippen LogP contribution in [0.5, 0.6) is 11.5 Å². The van der Waals surface area contributed by atoms with Gasteiger partial charge in [-0.3, -0.25) is 0 Å². The maximum Gasteiger partial charge on any atom is 0.123 e. The summed E-state index contributed by atoms with van der Waals surface area (Å²) in [5, 5.41) is 9.22. The number of hydrogen-bond acceptors (Lipinski definition) is 2. The lowest BCUT2D eigenvalue weighted by atomic mass is 10.1. The topological polar surface area (TPSA) is 29.5 Å². The molecule has 5 aromatic carbocycles. The Hall–Kier alpha value is -5.60. The highest BCUT2D eigenvalue weighted by atomic mass is 16.5. The summed E-state index contributed by atoms with van der Waals surface area (Å²) >= 11 is 0. The number of ether oxygens (including phenoxy) is 1. The van der Waals surface area contributed by atoms with E-state index in [0.29, 0.717) is 5.75 Å². The first-order valence-electron chi connectivity index (χ1n) is 17.8. The monoisotopic (exact) mass is 706 g/mol. The van der Waals surface area contributed by atoms with Crippen molar-refractivity contribution in [3.8, 4) is 11.5 Å². The van der Waals surface area contributed by atoms with Crippen molar-refractivity contribution in [2.45, 2.75) is 68.7 Å². The molecule has 0 radical (unpaired) electrons. The van der Waals surface area contributed by atoms with E-state index in [2.05, 4.69) is 139 Å². The van der Waals surface area contributed by atoms with Crippen molar-refractivity contribution >= 4 is 22.3 Å². The number of benzene rings is 5. The number of para-hydroxylation sites is 1. The summed E-state index contributed by atoms with van der Waals surface area (Å²) < 4.78 is 5.19. The Morgan fingerprint density at radius 2 is 0.906 bits per heavy atom. The third-order valence-corrected chi connectivity index (χ3v) is 7.98. The Labute approximate surface area is 322 Å². The average Bonchev–Trinajstić information content (AvgIpc) is 3.11. The zero-order valence-corrected chi connectivity index (χ0v) is 34.1. The molecule has 53 heavy (non-hydrogen) atoms. The second-order valence-electron chi connectivity index (χ2n) is 13.7. The molecule has 0 aliphatic carbocycles. The quantitative estimate of drug-likeness (QED) is 0.171. The average molecular weight is 707 g/mol. The van der Waals surface area contributed by atoms with Crippen LogP contribution in [0.3, 0.4) is 0 Å². The van der Waals surface area contributed by atoms with Gasteiger partial charge >= 0.3 is 0 Å². The standard InChI is InChI=1S/C11H14O.C11H14.2C10H12.C9H10O/c1-8(2)10-6-5-9(3)11(7-10)12-4;1-9(2)8-11-6-4-10(3)5-7-11;2*1-8(2)10-6-4-9(3)5-7-10;1-7(2)8-5-3-4-6-9(8)10/h5-7H,1H2,2-4H3;4-7H,1,8H2,2-3H3;2*4-7H,1H2,2-3H3;3-6,10H,1H2,2H3. The number of allylic oxidation sites excluding steroid dienone is 5. The fraction of sp³-hybridized carbons (Fsp3) is 0.216. The van der Waals surface area contributed by atoms with Crippen LogP contribution in [-0.4, -0.2) is 12.2 Å². The zero-order chi connectivity index (χ0) is 40.1. The van der Waals surface area contributed by atoms with E-state index in [9.17, 15) is 5.11 Å². The van der Waals surface area contributed by atoms with Gasteiger partial charge in [0.05, 0.1) is 7.11 Å². The van der Waals surface area contributed by atoms with E-state index < -0.39 is 0 Å². The lowest BCUT2D eigenvalue weighted by Gasteiger charge is -2.06. The van der Waals surface area contributed by atoms with Crippen LogP contribution >= 0.6 is 0 Å². The van der Waals surface area contributed by atoms with Crippen molar-refractivity contribution in [3.05, 3.63) is 204 Å². The number of phenols is 1. The summed E-state index contributed by atoms with van der Waals surface area (Å²) in [5.74, 6) is 1.23. The predicted molar refractivity (Wildman–Crippen MR) is 237 cm³/mol. The molecule has 0 fully saturated rings. The summed E-state index contributed by atoms with van der Waals surface area (Å²) in [6, 6.07) is 38.7. The molecule has 1 N–H and O–H groups in total. The molecule has 5 rings (SSSR count). The molecule has 0 aliphatic heterocycles. The second kappa shape index (κ2) is 23.8. The Balaban J connectivity index is 0.000000332. The molecule has 0 heterocycles. The molecular weight excluding hydrogens is 645 g/mol. The highest BCUT2D eigenvalue weighted by Crippen LogP contribution is 2.23. The van der Waals surface area contributed by atoms with E-state index in [-0.39, 0.29) is 0 Å². The van der Waals surface area contributed by atoms with E-state index in [1.165, 1.54) is 39.0 Å². The lowest BCUT2D eigenvalue weighted by Crippen LogP contribution is -1.88. The van der Waals surface area contributed by atoms with Gasteiger partial charge in [-0.05, 0) is 114 Å². The minimum Gasteiger partial charge on any atom is -0.507 e. The van der Waals surface area contributed by atoms with Gasteiger partial charge in [0.15, 0.2) is 0 Å². The number of rotatable bonds is 7. The highest BCUT2D eigenvalue weighted by molar-refractivity contribution is 5.66. The number of methoxy groups -OCH3 is 1.